The molecule has 19 heavy (non-hydrogen) atoms. The SMILES string of the molecule is O=C(O)c1[nH]cnc1C(=O)N1CCOC2CCCC21. The Morgan fingerprint density at radius 3 is 3.11 bits per heavy atom. The highest BCUT2D eigenvalue weighted by Gasteiger charge is 2.40. The van der Waals surface area contributed by atoms with Gasteiger partial charge < -0.3 is 19.7 Å². The number of amides is 1. The van der Waals surface area contributed by atoms with E-state index in [9.17, 15) is 9.59 Å². The lowest BCUT2D eigenvalue weighted by atomic mass is 10.1. The molecular weight excluding hydrogens is 250 g/mol. The molecule has 2 heterocycles. The number of carbonyl (C=O) groups excluding carboxylic acids is 1. The normalized spacial score (nSPS) is 26.2. The van der Waals surface area contributed by atoms with Crippen LogP contribution in [0.3, 0.4) is 0 Å². The molecule has 1 aromatic heterocycles. The summed E-state index contributed by atoms with van der Waals surface area (Å²) in [7, 11) is 0. The summed E-state index contributed by atoms with van der Waals surface area (Å²) in [5, 5.41) is 9.02. The first-order valence-corrected chi connectivity index (χ1v) is 6.37. The first-order chi connectivity index (χ1) is 9.18. The molecule has 2 atom stereocenters. The van der Waals surface area contributed by atoms with E-state index in [1.54, 1.807) is 4.90 Å². The number of carboxylic acids is 1. The molecule has 0 aromatic carbocycles. The molecule has 1 saturated heterocycles. The van der Waals surface area contributed by atoms with Crippen LogP contribution in [0.15, 0.2) is 6.33 Å². The average Bonchev–Trinajstić information content (AvgIpc) is 3.05. The molecule has 0 spiro atoms. The van der Waals surface area contributed by atoms with E-state index in [4.69, 9.17) is 9.84 Å². The van der Waals surface area contributed by atoms with E-state index in [2.05, 4.69) is 9.97 Å². The Kier molecular flexibility index (Phi) is 2.98. The predicted molar refractivity (Wildman–Crippen MR) is 64.0 cm³/mol. The van der Waals surface area contributed by atoms with E-state index < -0.39 is 5.97 Å². The van der Waals surface area contributed by atoms with Gasteiger partial charge in [-0.2, -0.15) is 0 Å². The topological polar surface area (TPSA) is 95.5 Å². The summed E-state index contributed by atoms with van der Waals surface area (Å²) in [4.78, 5) is 31.6. The number of carbonyl (C=O) groups is 2. The Morgan fingerprint density at radius 2 is 2.32 bits per heavy atom. The van der Waals surface area contributed by atoms with Gasteiger partial charge in [0, 0.05) is 6.54 Å². The number of nitrogens with zero attached hydrogens (tertiary/aromatic N) is 2. The second-order valence-corrected chi connectivity index (χ2v) is 4.84. The summed E-state index contributed by atoms with van der Waals surface area (Å²) in [6.07, 6.45) is 4.23. The summed E-state index contributed by atoms with van der Waals surface area (Å²) < 4.78 is 5.64. The fourth-order valence-electron chi connectivity index (χ4n) is 2.93. The highest BCUT2D eigenvalue weighted by molar-refractivity contribution is 6.02. The van der Waals surface area contributed by atoms with Gasteiger partial charge in [-0.25, -0.2) is 9.78 Å². The number of imidazole rings is 1. The minimum absolute atomic E-state index is 0.0138. The highest BCUT2D eigenvalue weighted by Crippen LogP contribution is 2.30. The van der Waals surface area contributed by atoms with Gasteiger partial charge in [0.05, 0.1) is 25.1 Å². The molecule has 1 aromatic rings. The molecule has 2 N–H and O–H groups in total. The molecule has 2 aliphatic rings. The van der Waals surface area contributed by atoms with Gasteiger partial charge in [-0.15, -0.1) is 0 Å². The van der Waals surface area contributed by atoms with Crippen molar-refractivity contribution in [3.63, 3.8) is 0 Å². The third-order valence-corrected chi connectivity index (χ3v) is 3.80. The molecule has 3 rings (SSSR count). The molecule has 102 valence electrons. The molecule has 0 radical (unpaired) electrons. The number of aromatic nitrogens is 2. The van der Waals surface area contributed by atoms with Crippen LogP contribution in [0, 0.1) is 0 Å². The van der Waals surface area contributed by atoms with Gasteiger partial charge in [-0.3, -0.25) is 4.79 Å². The smallest absolute Gasteiger partial charge is 0.354 e. The lowest BCUT2D eigenvalue weighted by Crippen LogP contribution is -2.51. The molecule has 1 saturated carbocycles. The van der Waals surface area contributed by atoms with Crippen molar-refractivity contribution in [1.29, 1.82) is 0 Å². The van der Waals surface area contributed by atoms with Gasteiger partial charge >= 0.3 is 5.97 Å². The van der Waals surface area contributed by atoms with Gasteiger partial charge in [-0.1, -0.05) is 0 Å². The van der Waals surface area contributed by atoms with Crippen LogP contribution >= 0.6 is 0 Å². The third-order valence-electron chi connectivity index (χ3n) is 3.80. The van der Waals surface area contributed by atoms with Gasteiger partial charge in [0.2, 0.25) is 0 Å². The summed E-state index contributed by atoms with van der Waals surface area (Å²) in [6.45, 7) is 0.992. The van der Waals surface area contributed by atoms with Crippen LogP contribution in [0.1, 0.15) is 40.2 Å². The van der Waals surface area contributed by atoms with Crippen LogP contribution in [-0.4, -0.2) is 57.1 Å². The van der Waals surface area contributed by atoms with Crippen molar-refractivity contribution >= 4 is 11.9 Å². The third kappa shape index (κ3) is 1.99. The summed E-state index contributed by atoms with van der Waals surface area (Å²) in [5.41, 5.74) is -0.161. The summed E-state index contributed by atoms with van der Waals surface area (Å²) in [6, 6.07) is 0.0552. The van der Waals surface area contributed by atoms with Gasteiger partial charge in [0.25, 0.3) is 5.91 Å². The zero-order chi connectivity index (χ0) is 13.4. The molecule has 7 heteroatoms. The zero-order valence-corrected chi connectivity index (χ0v) is 10.3. The van der Waals surface area contributed by atoms with Crippen LogP contribution in [0.4, 0.5) is 0 Å². The van der Waals surface area contributed by atoms with Gasteiger partial charge in [0.15, 0.2) is 11.4 Å². The molecular formula is C12H15N3O4. The number of morpholine rings is 1. The average molecular weight is 265 g/mol. The number of rotatable bonds is 2. The number of H-pyrrole nitrogens is 1. The van der Waals surface area contributed by atoms with Crippen molar-refractivity contribution in [1.82, 2.24) is 14.9 Å². The minimum atomic E-state index is -1.17. The first-order valence-electron chi connectivity index (χ1n) is 6.37. The van der Waals surface area contributed by atoms with Crippen molar-refractivity contribution < 1.29 is 19.4 Å². The lowest BCUT2D eigenvalue weighted by molar-refractivity contribution is -0.0447. The maximum absolute atomic E-state index is 12.5. The van der Waals surface area contributed by atoms with Crippen LogP contribution in [-0.2, 0) is 4.74 Å². The Morgan fingerprint density at radius 1 is 1.47 bits per heavy atom. The second kappa shape index (κ2) is 4.65. The fraction of sp³-hybridized carbons (Fsp3) is 0.583. The van der Waals surface area contributed by atoms with E-state index in [1.807, 2.05) is 0 Å². The maximum atomic E-state index is 12.5. The van der Waals surface area contributed by atoms with E-state index in [0.29, 0.717) is 13.2 Å². The quantitative estimate of drug-likeness (QED) is 0.812. The zero-order valence-electron chi connectivity index (χ0n) is 10.3. The van der Waals surface area contributed by atoms with Crippen molar-refractivity contribution in [3.05, 3.63) is 17.7 Å². The highest BCUT2D eigenvalue weighted by atomic mass is 16.5. The largest absolute Gasteiger partial charge is 0.477 e. The van der Waals surface area contributed by atoms with Crippen LogP contribution in [0.25, 0.3) is 0 Å². The Bertz CT molecular complexity index is 513. The number of hydrogen-bond donors (Lipinski definition) is 2. The number of fused-ring (bicyclic) bond motifs is 1. The maximum Gasteiger partial charge on any atom is 0.354 e. The summed E-state index contributed by atoms with van der Waals surface area (Å²) >= 11 is 0. The fourth-order valence-corrected chi connectivity index (χ4v) is 2.93. The van der Waals surface area contributed by atoms with Crippen molar-refractivity contribution in [2.75, 3.05) is 13.2 Å². The molecule has 2 fully saturated rings. The molecule has 7 nitrogen and oxygen atoms in total. The molecule has 2 unspecified atom stereocenters. The van der Waals surface area contributed by atoms with Crippen molar-refractivity contribution in [2.24, 2.45) is 0 Å². The minimum Gasteiger partial charge on any atom is -0.477 e. The first kappa shape index (κ1) is 12.2. The van der Waals surface area contributed by atoms with Crippen molar-refractivity contribution in [2.45, 2.75) is 31.4 Å². The molecule has 0 bridgehead atoms. The molecule has 1 amide bonds. The summed E-state index contributed by atoms with van der Waals surface area (Å²) in [5.74, 6) is -1.49. The monoisotopic (exact) mass is 265 g/mol. The van der Waals surface area contributed by atoms with Gasteiger partial charge in [0.1, 0.15) is 0 Å². The Labute approximate surface area is 109 Å². The lowest BCUT2D eigenvalue weighted by Gasteiger charge is -2.37. The van der Waals surface area contributed by atoms with Crippen molar-refractivity contribution in [3.8, 4) is 0 Å². The number of ether oxygens (including phenoxy) is 1. The second-order valence-electron chi connectivity index (χ2n) is 4.84. The van der Waals surface area contributed by atoms with E-state index in [0.717, 1.165) is 19.3 Å². The predicted octanol–water partition coefficient (Wildman–Crippen LogP) is 0.501. The molecule has 1 aliphatic carbocycles. The van der Waals surface area contributed by atoms with Crippen LogP contribution < -0.4 is 0 Å². The number of aromatic carboxylic acids is 1. The molecule has 1 aliphatic heterocycles. The van der Waals surface area contributed by atoms with E-state index >= 15 is 0 Å². The van der Waals surface area contributed by atoms with Crippen LogP contribution in [0.2, 0.25) is 0 Å². The number of nitrogens with one attached hydrogen (secondary N) is 1. The Hall–Kier alpha value is -1.89. The Balaban J connectivity index is 1.86. The number of hydrogen-bond acceptors (Lipinski definition) is 4. The number of carboxylic acid groups (broad SMARTS) is 1. The van der Waals surface area contributed by atoms with E-state index in [-0.39, 0.29) is 29.4 Å². The number of aromatic amines is 1. The van der Waals surface area contributed by atoms with Crippen LogP contribution in [0.5, 0.6) is 0 Å². The standard InChI is InChI=1S/C12H15N3O4/c16-11(9-10(12(17)18)14-6-13-9)15-4-5-19-8-3-1-2-7(8)15/h6-8H,1-5H2,(H,13,14)(H,17,18). The van der Waals surface area contributed by atoms with Gasteiger partial charge in [-0.05, 0) is 19.3 Å². The van der Waals surface area contributed by atoms with E-state index in [1.165, 1.54) is 6.33 Å².